The Balaban J connectivity index is 1.94. The highest BCUT2D eigenvalue weighted by Crippen LogP contribution is 2.22. The van der Waals surface area contributed by atoms with Crippen LogP contribution in [-0.4, -0.2) is 19.1 Å². The van der Waals surface area contributed by atoms with Crippen LogP contribution in [0, 0.1) is 5.92 Å². The van der Waals surface area contributed by atoms with Crippen molar-refractivity contribution in [2.75, 3.05) is 13.1 Å². The quantitative estimate of drug-likeness (QED) is 0.681. The molecule has 0 spiro atoms. The van der Waals surface area contributed by atoms with Crippen molar-refractivity contribution in [3.63, 3.8) is 0 Å². The fourth-order valence-corrected chi connectivity index (χ4v) is 2.43. The van der Waals surface area contributed by atoms with Gasteiger partial charge in [-0.2, -0.15) is 0 Å². The summed E-state index contributed by atoms with van der Waals surface area (Å²) in [5.74, 6) is 0.928. The molecule has 1 aliphatic rings. The summed E-state index contributed by atoms with van der Waals surface area (Å²) in [6.07, 6.45) is 10.9. The molecular weight excluding hydrogens is 184 g/mol. The molecule has 1 saturated carbocycles. The van der Waals surface area contributed by atoms with Crippen molar-refractivity contribution in [1.29, 1.82) is 0 Å². The second-order valence-corrected chi connectivity index (χ2v) is 5.06. The van der Waals surface area contributed by atoms with Gasteiger partial charge in [-0.15, -0.1) is 0 Å². The van der Waals surface area contributed by atoms with Gasteiger partial charge in [-0.3, -0.25) is 0 Å². The Kier molecular flexibility index (Phi) is 7.03. The van der Waals surface area contributed by atoms with E-state index in [1.165, 1.54) is 57.9 Å². The van der Waals surface area contributed by atoms with Gasteiger partial charge in [0.2, 0.25) is 0 Å². The lowest BCUT2D eigenvalue weighted by Crippen LogP contribution is -2.36. The summed E-state index contributed by atoms with van der Waals surface area (Å²) in [7, 11) is 0. The number of nitrogens with one attached hydrogen (secondary N) is 1. The Bertz CT molecular complexity index is 141. The summed E-state index contributed by atoms with van der Waals surface area (Å²) in [6.45, 7) is 4.43. The number of rotatable bonds is 7. The van der Waals surface area contributed by atoms with E-state index >= 15 is 0 Å². The van der Waals surface area contributed by atoms with Crippen LogP contribution in [0.4, 0.5) is 0 Å². The molecule has 1 aliphatic carbocycles. The van der Waals surface area contributed by atoms with Crippen LogP contribution in [0.15, 0.2) is 0 Å². The molecule has 2 heteroatoms. The average molecular weight is 212 g/mol. The van der Waals surface area contributed by atoms with Crippen molar-refractivity contribution in [3.05, 3.63) is 0 Å². The summed E-state index contributed by atoms with van der Waals surface area (Å²) in [6, 6.07) is 0.369. The molecule has 0 aromatic carbocycles. The molecule has 15 heavy (non-hydrogen) atoms. The monoisotopic (exact) mass is 212 g/mol. The fourth-order valence-electron chi connectivity index (χ4n) is 2.43. The minimum atomic E-state index is 0.369. The summed E-state index contributed by atoms with van der Waals surface area (Å²) < 4.78 is 0. The molecule has 3 N–H and O–H groups in total. The van der Waals surface area contributed by atoms with Crippen LogP contribution in [0.25, 0.3) is 0 Å². The first-order valence-corrected chi connectivity index (χ1v) is 6.79. The van der Waals surface area contributed by atoms with E-state index in [2.05, 4.69) is 12.2 Å². The van der Waals surface area contributed by atoms with Gasteiger partial charge < -0.3 is 11.1 Å². The molecule has 0 heterocycles. The van der Waals surface area contributed by atoms with Crippen LogP contribution in [-0.2, 0) is 0 Å². The second-order valence-electron chi connectivity index (χ2n) is 5.06. The first-order valence-electron chi connectivity index (χ1n) is 6.79. The van der Waals surface area contributed by atoms with Crippen LogP contribution in [0.3, 0.4) is 0 Å². The van der Waals surface area contributed by atoms with E-state index in [4.69, 9.17) is 5.73 Å². The summed E-state index contributed by atoms with van der Waals surface area (Å²) in [4.78, 5) is 0. The van der Waals surface area contributed by atoms with Crippen molar-refractivity contribution in [2.45, 2.75) is 64.3 Å². The lowest BCUT2D eigenvalue weighted by atomic mass is 9.89. The smallest absolute Gasteiger partial charge is 0.0165 e. The summed E-state index contributed by atoms with van der Waals surface area (Å²) in [5, 5.41) is 3.54. The van der Waals surface area contributed by atoms with E-state index in [1.807, 2.05) is 0 Å². The van der Waals surface area contributed by atoms with E-state index < -0.39 is 0 Å². The zero-order chi connectivity index (χ0) is 10.9. The van der Waals surface area contributed by atoms with Crippen molar-refractivity contribution >= 4 is 0 Å². The van der Waals surface area contributed by atoms with E-state index in [1.54, 1.807) is 0 Å². The van der Waals surface area contributed by atoms with Crippen LogP contribution in [0.1, 0.15) is 58.3 Å². The molecular formula is C13H28N2. The molecule has 0 amide bonds. The zero-order valence-corrected chi connectivity index (χ0v) is 10.3. The van der Waals surface area contributed by atoms with E-state index in [0.29, 0.717) is 6.04 Å². The number of nitrogens with two attached hydrogens (primary N) is 1. The molecule has 1 unspecified atom stereocenters. The molecule has 1 rings (SSSR count). The number of hydrogen-bond acceptors (Lipinski definition) is 2. The van der Waals surface area contributed by atoms with Crippen molar-refractivity contribution < 1.29 is 0 Å². The molecule has 0 saturated heterocycles. The maximum atomic E-state index is 6.01. The third kappa shape index (κ3) is 6.16. The van der Waals surface area contributed by atoms with Gasteiger partial charge in [-0.1, -0.05) is 39.0 Å². The lowest BCUT2D eigenvalue weighted by molar-refractivity contribution is 0.338. The van der Waals surface area contributed by atoms with Crippen molar-refractivity contribution in [3.8, 4) is 0 Å². The summed E-state index contributed by atoms with van der Waals surface area (Å²) in [5.41, 5.74) is 6.01. The molecule has 0 radical (unpaired) electrons. The molecule has 2 nitrogen and oxygen atoms in total. The van der Waals surface area contributed by atoms with Gasteiger partial charge in [0.1, 0.15) is 0 Å². The maximum Gasteiger partial charge on any atom is 0.0165 e. The van der Waals surface area contributed by atoms with Gasteiger partial charge in [-0.25, -0.2) is 0 Å². The van der Waals surface area contributed by atoms with Crippen LogP contribution < -0.4 is 11.1 Å². The molecule has 0 aromatic heterocycles. The number of hydrogen-bond donors (Lipinski definition) is 2. The minimum Gasteiger partial charge on any atom is -0.327 e. The third-order valence-electron chi connectivity index (χ3n) is 3.49. The van der Waals surface area contributed by atoms with E-state index in [-0.39, 0.29) is 0 Å². The summed E-state index contributed by atoms with van der Waals surface area (Å²) >= 11 is 0. The first-order chi connectivity index (χ1) is 7.33. The van der Waals surface area contributed by atoms with Gasteiger partial charge in [0.15, 0.2) is 0 Å². The predicted molar refractivity (Wildman–Crippen MR) is 66.9 cm³/mol. The van der Waals surface area contributed by atoms with Crippen LogP contribution in [0.5, 0.6) is 0 Å². The Morgan fingerprint density at radius 1 is 1.27 bits per heavy atom. The second kappa shape index (κ2) is 8.12. The molecule has 0 aliphatic heterocycles. The minimum absolute atomic E-state index is 0.369. The van der Waals surface area contributed by atoms with Gasteiger partial charge >= 0.3 is 0 Å². The average Bonchev–Trinajstić information content (AvgIpc) is 2.28. The molecule has 90 valence electrons. The van der Waals surface area contributed by atoms with Gasteiger partial charge in [0.25, 0.3) is 0 Å². The fraction of sp³-hybridized carbons (Fsp3) is 1.00. The molecule has 1 atom stereocenters. The third-order valence-corrected chi connectivity index (χ3v) is 3.49. The van der Waals surface area contributed by atoms with Gasteiger partial charge in [0, 0.05) is 12.6 Å². The van der Waals surface area contributed by atoms with Crippen LogP contribution >= 0.6 is 0 Å². The largest absolute Gasteiger partial charge is 0.327 e. The van der Waals surface area contributed by atoms with Crippen molar-refractivity contribution in [2.24, 2.45) is 11.7 Å². The highest BCUT2D eigenvalue weighted by atomic mass is 14.9. The van der Waals surface area contributed by atoms with Crippen molar-refractivity contribution in [1.82, 2.24) is 5.32 Å². The number of unbranched alkanes of at least 4 members (excludes halogenated alkanes) is 1. The van der Waals surface area contributed by atoms with E-state index in [9.17, 15) is 0 Å². The first kappa shape index (κ1) is 13.0. The Morgan fingerprint density at radius 2 is 2.00 bits per heavy atom. The lowest BCUT2D eigenvalue weighted by Gasteiger charge is -2.22. The molecule has 0 aromatic rings. The normalized spacial score (nSPS) is 20.4. The zero-order valence-electron chi connectivity index (χ0n) is 10.3. The maximum absolute atomic E-state index is 6.01. The van der Waals surface area contributed by atoms with Gasteiger partial charge in [-0.05, 0) is 31.7 Å². The molecule has 0 bridgehead atoms. The topological polar surface area (TPSA) is 38.0 Å². The Labute approximate surface area is 95.0 Å². The Morgan fingerprint density at radius 3 is 2.67 bits per heavy atom. The highest BCUT2D eigenvalue weighted by molar-refractivity contribution is 4.70. The van der Waals surface area contributed by atoms with E-state index in [0.717, 1.165) is 12.5 Å². The van der Waals surface area contributed by atoms with Crippen LogP contribution in [0.2, 0.25) is 0 Å². The SMILES string of the molecule is CCCCC(N)CNCC1CCCCC1. The highest BCUT2D eigenvalue weighted by Gasteiger charge is 2.12. The Hall–Kier alpha value is -0.0800. The predicted octanol–water partition coefficient (Wildman–Crippen LogP) is 2.67. The standard InChI is InChI=1S/C13H28N2/c1-2-3-9-13(14)11-15-10-12-7-5-4-6-8-12/h12-13,15H,2-11,14H2,1H3. The van der Waals surface area contributed by atoms with Gasteiger partial charge in [0.05, 0.1) is 0 Å². The molecule has 1 fully saturated rings.